The maximum absolute atomic E-state index is 13.7. The van der Waals surface area contributed by atoms with Crippen LogP contribution in [0, 0.1) is 11.8 Å². The Balaban J connectivity index is 2.27. The van der Waals surface area contributed by atoms with Gasteiger partial charge in [0.25, 0.3) is 0 Å². The van der Waals surface area contributed by atoms with E-state index in [2.05, 4.69) is 6.58 Å². The van der Waals surface area contributed by atoms with Gasteiger partial charge >= 0.3 is 0 Å². The van der Waals surface area contributed by atoms with Crippen LogP contribution in [0.4, 0.5) is 0 Å². The Labute approximate surface area is 165 Å². The molecule has 0 aliphatic heterocycles. The van der Waals surface area contributed by atoms with Crippen molar-refractivity contribution in [2.24, 2.45) is 11.8 Å². The fraction of sp³-hybridized carbons (Fsp3) is 0.286. The topological polar surface area (TPSA) is 85.3 Å². The lowest BCUT2D eigenvalue weighted by Gasteiger charge is -2.29. The molecule has 0 amide bonds. The SMILES string of the molecule is C=C[C@H]1CC(S(=O)(=O)c2ccccc2)(S(=O)(=O)c2ccccc2)C[C@H]1CC=O. The van der Waals surface area contributed by atoms with Gasteiger partial charge in [-0.05, 0) is 48.9 Å². The number of hydrogen-bond donors (Lipinski definition) is 0. The van der Waals surface area contributed by atoms with Crippen molar-refractivity contribution in [3.63, 3.8) is 0 Å². The Morgan fingerprint density at radius 1 is 0.857 bits per heavy atom. The van der Waals surface area contributed by atoms with Gasteiger partial charge in [0.15, 0.2) is 23.8 Å². The molecule has 1 aliphatic rings. The maximum atomic E-state index is 13.7. The predicted molar refractivity (Wildman–Crippen MR) is 107 cm³/mol. The van der Waals surface area contributed by atoms with Crippen LogP contribution >= 0.6 is 0 Å². The molecule has 28 heavy (non-hydrogen) atoms. The molecule has 1 saturated carbocycles. The van der Waals surface area contributed by atoms with E-state index < -0.39 is 29.7 Å². The first kappa shape index (κ1) is 20.5. The summed E-state index contributed by atoms with van der Waals surface area (Å²) in [7, 11) is -8.50. The van der Waals surface area contributed by atoms with Gasteiger partial charge in [0.05, 0.1) is 9.79 Å². The lowest BCUT2D eigenvalue weighted by molar-refractivity contribution is -0.108. The van der Waals surface area contributed by atoms with Crippen molar-refractivity contribution < 1.29 is 21.6 Å². The summed E-state index contributed by atoms with van der Waals surface area (Å²) in [6.45, 7) is 3.74. The summed E-state index contributed by atoms with van der Waals surface area (Å²) in [6, 6.07) is 15.3. The normalized spacial score (nSPS) is 21.9. The Kier molecular flexibility index (Phi) is 5.59. The van der Waals surface area contributed by atoms with E-state index in [4.69, 9.17) is 0 Å². The van der Waals surface area contributed by atoms with Crippen molar-refractivity contribution in [3.05, 3.63) is 73.3 Å². The van der Waals surface area contributed by atoms with E-state index in [1.807, 2.05) is 0 Å². The molecule has 2 aromatic rings. The summed E-state index contributed by atoms with van der Waals surface area (Å²) in [4.78, 5) is 11.1. The summed E-state index contributed by atoms with van der Waals surface area (Å²) in [5, 5.41) is 0. The molecule has 1 aliphatic carbocycles. The summed E-state index contributed by atoms with van der Waals surface area (Å²) < 4.78 is 52.7. The van der Waals surface area contributed by atoms with Gasteiger partial charge in [-0.1, -0.05) is 42.5 Å². The van der Waals surface area contributed by atoms with Crippen molar-refractivity contribution in [2.45, 2.75) is 33.1 Å². The first-order chi connectivity index (χ1) is 13.3. The van der Waals surface area contributed by atoms with E-state index in [1.165, 1.54) is 24.3 Å². The highest BCUT2D eigenvalue weighted by Gasteiger charge is 2.61. The minimum Gasteiger partial charge on any atom is -0.303 e. The molecule has 1 fully saturated rings. The zero-order valence-corrected chi connectivity index (χ0v) is 16.9. The Morgan fingerprint density at radius 3 is 1.71 bits per heavy atom. The molecular weight excluding hydrogens is 396 g/mol. The van der Waals surface area contributed by atoms with Crippen LogP contribution in [0.25, 0.3) is 0 Å². The van der Waals surface area contributed by atoms with Crippen molar-refractivity contribution in [3.8, 4) is 0 Å². The molecule has 2 aromatic carbocycles. The molecule has 0 radical (unpaired) electrons. The number of allylic oxidation sites excluding steroid dienone is 1. The molecule has 0 spiro atoms. The molecule has 7 heteroatoms. The van der Waals surface area contributed by atoms with Crippen molar-refractivity contribution in [1.82, 2.24) is 0 Å². The van der Waals surface area contributed by atoms with Crippen LogP contribution in [-0.4, -0.2) is 27.2 Å². The summed E-state index contributed by atoms with van der Waals surface area (Å²) in [5.74, 6) is -0.783. The summed E-state index contributed by atoms with van der Waals surface area (Å²) in [5.41, 5.74) is 0. The van der Waals surface area contributed by atoms with Crippen molar-refractivity contribution in [1.29, 1.82) is 0 Å². The largest absolute Gasteiger partial charge is 0.303 e. The van der Waals surface area contributed by atoms with Gasteiger partial charge < -0.3 is 4.79 Å². The number of hydrogen-bond acceptors (Lipinski definition) is 5. The maximum Gasteiger partial charge on any atom is 0.198 e. The van der Waals surface area contributed by atoms with E-state index in [9.17, 15) is 21.6 Å². The van der Waals surface area contributed by atoms with Gasteiger partial charge in [-0.3, -0.25) is 0 Å². The molecule has 5 nitrogen and oxygen atoms in total. The molecule has 3 rings (SSSR count). The second-order valence-corrected chi connectivity index (χ2v) is 11.8. The molecule has 0 bridgehead atoms. The zero-order valence-electron chi connectivity index (χ0n) is 15.3. The molecule has 0 N–H and O–H groups in total. The Morgan fingerprint density at radius 2 is 1.32 bits per heavy atom. The third kappa shape index (κ3) is 3.12. The number of rotatable bonds is 7. The Hall–Kier alpha value is -2.25. The van der Waals surface area contributed by atoms with Crippen molar-refractivity contribution >= 4 is 26.0 Å². The van der Waals surface area contributed by atoms with Gasteiger partial charge in [-0.2, -0.15) is 0 Å². The van der Waals surface area contributed by atoms with Crippen LogP contribution < -0.4 is 0 Å². The fourth-order valence-corrected chi connectivity index (χ4v) is 9.34. The fourth-order valence-electron chi connectivity index (χ4n) is 4.03. The van der Waals surface area contributed by atoms with E-state index in [1.54, 1.807) is 42.5 Å². The third-order valence-corrected chi connectivity index (χ3v) is 11.2. The average Bonchev–Trinajstić information content (AvgIpc) is 3.10. The quantitative estimate of drug-likeness (QED) is 0.508. The second-order valence-electron chi connectivity index (χ2n) is 7.01. The van der Waals surface area contributed by atoms with Gasteiger partial charge in [0.1, 0.15) is 6.29 Å². The van der Waals surface area contributed by atoms with E-state index in [-0.39, 0.29) is 35.0 Å². The molecule has 0 aromatic heterocycles. The van der Waals surface area contributed by atoms with Gasteiger partial charge in [-0.15, -0.1) is 6.58 Å². The van der Waals surface area contributed by atoms with Crippen LogP contribution in [0.1, 0.15) is 19.3 Å². The van der Waals surface area contributed by atoms with E-state index >= 15 is 0 Å². The first-order valence-corrected chi connectivity index (χ1v) is 11.9. The second kappa shape index (κ2) is 7.64. The highest BCUT2D eigenvalue weighted by molar-refractivity contribution is 8.10. The van der Waals surface area contributed by atoms with Crippen LogP contribution in [0.3, 0.4) is 0 Å². The smallest absolute Gasteiger partial charge is 0.198 e. The summed E-state index contributed by atoms with van der Waals surface area (Å²) >= 11 is 0. The predicted octanol–water partition coefficient (Wildman–Crippen LogP) is 3.43. The Bertz CT molecular complexity index is 989. The van der Waals surface area contributed by atoms with Crippen LogP contribution in [0.5, 0.6) is 0 Å². The van der Waals surface area contributed by atoms with Crippen LogP contribution in [0.2, 0.25) is 0 Å². The minimum absolute atomic E-state index is 0.0379. The average molecular weight is 419 g/mol. The molecular formula is C21H22O5S2. The number of carbonyl (C=O) groups excluding carboxylic acids is 1. The minimum atomic E-state index is -4.25. The molecule has 0 saturated heterocycles. The van der Waals surface area contributed by atoms with Gasteiger partial charge in [0, 0.05) is 6.42 Å². The first-order valence-electron chi connectivity index (χ1n) is 8.96. The number of sulfone groups is 2. The number of aldehydes is 1. The monoisotopic (exact) mass is 418 g/mol. The zero-order chi connectivity index (χ0) is 20.4. The van der Waals surface area contributed by atoms with Gasteiger partial charge in [0.2, 0.25) is 0 Å². The van der Waals surface area contributed by atoms with Crippen LogP contribution in [-0.2, 0) is 24.5 Å². The van der Waals surface area contributed by atoms with Crippen LogP contribution in [0.15, 0.2) is 83.1 Å². The third-order valence-electron chi connectivity index (χ3n) is 5.51. The van der Waals surface area contributed by atoms with Crippen molar-refractivity contribution in [2.75, 3.05) is 0 Å². The van der Waals surface area contributed by atoms with E-state index in [0.717, 1.165) is 0 Å². The van der Waals surface area contributed by atoms with Gasteiger partial charge in [-0.25, -0.2) is 16.8 Å². The summed E-state index contributed by atoms with van der Waals surface area (Å²) in [6.07, 6.45) is 2.10. The molecule has 2 atom stereocenters. The molecule has 0 heterocycles. The molecule has 0 unspecified atom stereocenters. The highest BCUT2D eigenvalue weighted by Crippen LogP contribution is 2.52. The van der Waals surface area contributed by atoms with E-state index in [0.29, 0.717) is 6.29 Å². The highest BCUT2D eigenvalue weighted by atomic mass is 32.3. The lowest BCUT2D eigenvalue weighted by Crippen LogP contribution is -2.44. The number of benzene rings is 2. The molecule has 148 valence electrons. The number of carbonyl (C=O) groups is 1. The standard InChI is InChI=1S/C21H22O5S2/c1-2-17-15-21(16-18(17)13-14-22,27(23,24)19-9-5-3-6-10-19)28(25,26)20-11-7-4-8-12-20/h2-12,14,17-18H,1,13,15-16H2/t17-,18+/m0/s1. The lowest BCUT2D eigenvalue weighted by atomic mass is 9.94.